The van der Waals surface area contributed by atoms with Crippen molar-refractivity contribution >= 4 is 11.4 Å². The SMILES string of the molecule is Nc1ccc(C(O)Cc2cnccc2N)cc1. The molecule has 0 aliphatic rings. The van der Waals surface area contributed by atoms with Crippen molar-refractivity contribution in [2.75, 3.05) is 11.5 Å². The van der Waals surface area contributed by atoms with Crippen LogP contribution in [0.25, 0.3) is 0 Å². The highest BCUT2D eigenvalue weighted by Gasteiger charge is 2.10. The van der Waals surface area contributed by atoms with Crippen molar-refractivity contribution < 1.29 is 5.11 Å². The Morgan fingerprint density at radius 1 is 1.12 bits per heavy atom. The summed E-state index contributed by atoms with van der Waals surface area (Å²) in [5.41, 5.74) is 14.4. The zero-order valence-electron chi connectivity index (χ0n) is 9.38. The molecule has 0 saturated heterocycles. The van der Waals surface area contributed by atoms with Gasteiger partial charge in [0.2, 0.25) is 0 Å². The zero-order chi connectivity index (χ0) is 12.3. The lowest BCUT2D eigenvalue weighted by Gasteiger charge is -2.12. The summed E-state index contributed by atoms with van der Waals surface area (Å²) in [5.74, 6) is 0. The molecule has 0 fully saturated rings. The van der Waals surface area contributed by atoms with Crippen LogP contribution in [-0.4, -0.2) is 10.1 Å². The number of aliphatic hydroxyl groups excluding tert-OH is 1. The molecule has 17 heavy (non-hydrogen) atoms. The third kappa shape index (κ3) is 2.73. The molecule has 2 rings (SSSR count). The number of nitrogens with two attached hydrogens (primary N) is 2. The molecular weight excluding hydrogens is 214 g/mol. The minimum absolute atomic E-state index is 0.448. The molecule has 0 radical (unpaired) electrons. The van der Waals surface area contributed by atoms with Gasteiger partial charge in [0.1, 0.15) is 0 Å². The van der Waals surface area contributed by atoms with Crippen LogP contribution in [0.1, 0.15) is 17.2 Å². The van der Waals surface area contributed by atoms with Gasteiger partial charge in [0, 0.05) is 30.2 Å². The van der Waals surface area contributed by atoms with Crippen LogP contribution in [0, 0.1) is 0 Å². The van der Waals surface area contributed by atoms with E-state index in [2.05, 4.69) is 4.98 Å². The van der Waals surface area contributed by atoms with Crippen LogP contribution in [0.3, 0.4) is 0 Å². The third-order valence-corrected chi connectivity index (χ3v) is 2.68. The van der Waals surface area contributed by atoms with E-state index in [-0.39, 0.29) is 0 Å². The van der Waals surface area contributed by atoms with Crippen molar-refractivity contribution in [2.45, 2.75) is 12.5 Å². The van der Waals surface area contributed by atoms with Gasteiger partial charge in [-0.3, -0.25) is 4.98 Å². The highest BCUT2D eigenvalue weighted by atomic mass is 16.3. The number of rotatable bonds is 3. The Balaban J connectivity index is 2.14. The number of aromatic nitrogens is 1. The molecule has 1 unspecified atom stereocenters. The summed E-state index contributed by atoms with van der Waals surface area (Å²) in [6.45, 7) is 0. The fourth-order valence-corrected chi connectivity index (χ4v) is 1.65. The smallest absolute Gasteiger partial charge is 0.0831 e. The molecule has 1 heterocycles. The number of hydrogen-bond acceptors (Lipinski definition) is 4. The van der Waals surface area contributed by atoms with Gasteiger partial charge in [0.05, 0.1) is 6.10 Å². The Morgan fingerprint density at radius 2 is 1.82 bits per heavy atom. The topological polar surface area (TPSA) is 85.2 Å². The summed E-state index contributed by atoms with van der Waals surface area (Å²) < 4.78 is 0. The van der Waals surface area contributed by atoms with E-state index >= 15 is 0 Å². The van der Waals surface area contributed by atoms with E-state index in [4.69, 9.17) is 11.5 Å². The lowest BCUT2D eigenvalue weighted by atomic mass is 10.0. The molecule has 0 amide bonds. The molecule has 2 aromatic rings. The van der Waals surface area contributed by atoms with Gasteiger partial charge in [-0.15, -0.1) is 0 Å². The number of aliphatic hydroxyl groups is 1. The van der Waals surface area contributed by atoms with Gasteiger partial charge >= 0.3 is 0 Å². The fourth-order valence-electron chi connectivity index (χ4n) is 1.65. The minimum Gasteiger partial charge on any atom is -0.399 e. The van der Waals surface area contributed by atoms with Gasteiger partial charge < -0.3 is 16.6 Å². The average molecular weight is 229 g/mol. The highest BCUT2D eigenvalue weighted by molar-refractivity contribution is 5.45. The Kier molecular flexibility index (Phi) is 3.25. The predicted molar refractivity (Wildman–Crippen MR) is 68.2 cm³/mol. The lowest BCUT2D eigenvalue weighted by molar-refractivity contribution is 0.178. The van der Waals surface area contributed by atoms with Crippen LogP contribution in [-0.2, 0) is 6.42 Å². The molecule has 1 aromatic heterocycles. The van der Waals surface area contributed by atoms with Gasteiger partial charge in [0.15, 0.2) is 0 Å². The van der Waals surface area contributed by atoms with Crippen molar-refractivity contribution in [3.05, 3.63) is 53.9 Å². The van der Waals surface area contributed by atoms with E-state index in [0.717, 1.165) is 11.1 Å². The molecule has 5 N–H and O–H groups in total. The van der Waals surface area contributed by atoms with E-state index < -0.39 is 6.10 Å². The molecule has 88 valence electrons. The zero-order valence-corrected chi connectivity index (χ0v) is 9.38. The quantitative estimate of drug-likeness (QED) is 0.697. The largest absolute Gasteiger partial charge is 0.399 e. The van der Waals surface area contributed by atoms with Gasteiger partial charge in [-0.05, 0) is 29.3 Å². The molecule has 0 aliphatic carbocycles. The maximum atomic E-state index is 10.1. The number of hydrogen-bond donors (Lipinski definition) is 3. The first-order valence-corrected chi connectivity index (χ1v) is 5.38. The number of anilines is 2. The van der Waals surface area contributed by atoms with Gasteiger partial charge in [-0.1, -0.05) is 12.1 Å². The second-order valence-corrected chi connectivity index (χ2v) is 3.96. The van der Waals surface area contributed by atoms with E-state index in [1.807, 2.05) is 12.1 Å². The Bertz CT molecular complexity index is 496. The minimum atomic E-state index is -0.595. The molecule has 0 bridgehead atoms. The summed E-state index contributed by atoms with van der Waals surface area (Å²) in [6.07, 6.45) is 3.16. The lowest BCUT2D eigenvalue weighted by Crippen LogP contribution is -2.04. The first kappa shape index (κ1) is 11.4. The summed E-state index contributed by atoms with van der Waals surface area (Å²) >= 11 is 0. The number of nitrogens with zero attached hydrogens (tertiary/aromatic N) is 1. The summed E-state index contributed by atoms with van der Waals surface area (Å²) in [5, 5.41) is 10.1. The summed E-state index contributed by atoms with van der Waals surface area (Å²) in [6, 6.07) is 8.89. The second kappa shape index (κ2) is 4.84. The van der Waals surface area contributed by atoms with E-state index in [1.54, 1.807) is 30.6 Å². The van der Waals surface area contributed by atoms with Crippen LogP contribution in [0.4, 0.5) is 11.4 Å². The third-order valence-electron chi connectivity index (χ3n) is 2.68. The number of pyridine rings is 1. The standard InChI is InChI=1S/C13H15N3O/c14-11-3-1-9(2-4-11)13(17)7-10-8-16-6-5-12(10)15/h1-6,8,13,17H,7,14H2,(H2,15,16). The van der Waals surface area contributed by atoms with Crippen LogP contribution in [0.2, 0.25) is 0 Å². The predicted octanol–water partition coefficient (Wildman–Crippen LogP) is 1.52. The Morgan fingerprint density at radius 3 is 2.47 bits per heavy atom. The number of benzene rings is 1. The molecule has 1 atom stereocenters. The first-order valence-electron chi connectivity index (χ1n) is 5.38. The van der Waals surface area contributed by atoms with Crippen molar-refractivity contribution in [1.29, 1.82) is 0 Å². The molecule has 0 spiro atoms. The van der Waals surface area contributed by atoms with Crippen LogP contribution in [0.15, 0.2) is 42.7 Å². The molecule has 4 nitrogen and oxygen atoms in total. The molecule has 0 saturated carbocycles. The molecular formula is C13H15N3O. The highest BCUT2D eigenvalue weighted by Crippen LogP contribution is 2.21. The molecule has 4 heteroatoms. The van der Waals surface area contributed by atoms with Crippen LogP contribution >= 0.6 is 0 Å². The van der Waals surface area contributed by atoms with Gasteiger partial charge in [-0.25, -0.2) is 0 Å². The Hall–Kier alpha value is -2.07. The normalized spacial score (nSPS) is 12.3. The van der Waals surface area contributed by atoms with Crippen molar-refractivity contribution in [3.63, 3.8) is 0 Å². The van der Waals surface area contributed by atoms with Crippen molar-refractivity contribution in [2.24, 2.45) is 0 Å². The van der Waals surface area contributed by atoms with Crippen LogP contribution < -0.4 is 11.5 Å². The average Bonchev–Trinajstić information content (AvgIpc) is 2.33. The van der Waals surface area contributed by atoms with Crippen molar-refractivity contribution in [1.82, 2.24) is 4.98 Å². The summed E-state index contributed by atoms with van der Waals surface area (Å²) in [4.78, 5) is 4.00. The summed E-state index contributed by atoms with van der Waals surface area (Å²) in [7, 11) is 0. The number of nitrogen functional groups attached to an aromatic ring is 2. The van der Waals surface area contributed by atoms with Gasteiger partial charge in [-0.2, -0.15) is 0 Å². The van der Waals surface area contributed by atoms with Crippen molar-refractivity contribution in [3.8, 4) is 0 Å². The van der Waals surface area contributed by atoms with E-state index in [9.17, 15) is 5.11 Å². The Labute approximate surface area is 99.9 Å². The molecule has 0 aliphatic heterocycles. The van der Waals surface area contributed by atoms with E-state index in [0.29, 0.717) is 17.8 Å². The van der Waals surface area contributed by atoms with Crippen LogP contribution in [0.5, 0.6) is 0 Å². The van der Waals surface area contributed by atoms with E-state index in [1.165, 1.54) is 0 Å². The maximum Gasteiger partial charge on any atom is 0.0831 e. The van der Waals surface area contributed by atoms with Gasteiger partial charge in [0.25, 0.3) is 0 Å². The monoisotopic (exact) mass is 229 g/mol. The first-order chi connectivity index (χ1) is 8.16. The second-order valence-electron chi connectivity index (χ2n) is 3.96. The maximum absolute atomic E-state index is 10.1. The fraction of sp³-hybridized carbons (Fsp3) is 0.154. The molecule has 1 aromatic carbocycles.